The van der Waals surface area contributed by atoms with Crippen LogP contribution in [0, 0.1) is 0 Å². The standard InChI is InChI=1S/C23H28N6O3/c1-31-18-9-7-16(8-10-18)23-24-19(32-28-23)3-2-4-20(30)29-13-11-17(12-14-29)22-25-21(26-27-22)15-5-6-15/h7-10,15,17H,2-6,11-14H2,1H3,(H,25,26,27). The number of piperidine rings is 1. The van der Waals surface area contributed by atoms with Gasteiger partial charge in [-0.3, -0.25) is 9.89 Å². The number of ether oxygens (including phenoxy) is 1. The third kappa shape index (κ3) is 4.66. The zero-order valence-corrected chi connectivity index (χ0v) is 18.3. The van der Waals surface area contributed by atoms with Crippen molar-refractivity contribution >= 4 is 5.91 Å². The van der Waals surface area contributed by atoms with E-state index in [9.17, 15) is 4.79 Å². The SMILES string of the molecule is COc1ccc(-c2noc(CCCC(=O)N3CCC(c4nc(C5CC5)n[nH]4)CC3)n2)cc1. The molecular weight excluding hydrogens is 408 g/mol. The number of hydrogen-bond acceptors (Lipinski definition) is 7. The predicted octanol–water partition coefficient (Wildman–Crippen LogP) is 3.47. The van der Waals surface area contributed by atoms with Crippen LogP contribution in [0.1, 0.15) is 67.9 Å². The van der Waals surface area contributed by atoms with E-state index in [0.29, 0.717) is 42.8 Å². The molecule has 1 saturated carbocycles. The fourth-order valence-corrected chi connectivity index (χ4v) is 4.16. The molecule has 0 spiro atoms. The summed E-state index contributed by atoms with van der Waals surface area (Å²) in [6, 6.07) is 7.52. The van der Waals surface area contributed by atoms with Crippen molar-refractivity contribution in [2.75, 3.05) is 20.2 Å². The maximum atomic E-state index is 12.6. The number of rotatable bonds is 8. The number of nitrogens with one attached hydrogen (secondary N) is 1. The van der Waals surface area contributed by atoms with Crippen LogP contribution >= 0.6 is 0 Å². The van der Waals surface area contributed by atoms with Crippen molar-refractivity contribution in [3.63, 3.8) is 0 Å². The first-order valence-corrected chi connectivity index (χ1v) is 11.4. The molecular formula is C23H28N6O3. The van der Waals surface area contributed by atoms with Crippen LogP contribution in [0.3, 0.4) is 0 Å². The first-order valence-electron chi connectivity index (χ1n) is 11.4. The van der Waals surface area contributed by atoms with Crippen LogP contribution < -0.4 is 4.74 Å². The smallest absolute Gasteiger partial charge is 0.226 e. The van der Waals surface area contributed by atoms with Gasteiger partial charge in [0.2, 0.25) is 17.6 Å². The molecule has 0 unspecified atom stereocenters. The number of nitrogens with zero attached hydrogens (tertiary/aromatic N) is 5. The lowest BCUT2D eigenvalue weighted by Crippen LogP contribution is -2.38. The lowest BCUT2D eigenvalue weighted by molar-refractivity contribution is -0.132. The summed E-state index contributed by atoms with van der Waals surface area (Å²) in [7, 11) is 1.63. The van der Waals surface area contributed by atoms with Gasteiger partial charge < -0.3 is 14.2 Å². The van der Waals surface area contributed by atoms with E-state index in [1.807, 2.05) is 29.2 Å². The molecule has 1 aliphatic carbocycles. The van der Waals surface area contributed by atoms with Crippen molar-refractivity contribution in [2.24, 2.45) is 0 Å². The third-order valence-corrected chi connectivity index (χ3v) is 6.29. The van der Waals surface area contributed by atoms with E-state index >= 15 is 0 Å². The molecule has 32 heavy (non-hydrogen) atoms. The average Bonchev–Trinajstić information content (AvgIpc) is 3.37. The Balaban J connectivity index is 1.06. The number of carbonyl (C=O) groups is 1. The molecule has 0 radical (unpaired) electrons. The van der Waals surface area contributed by atoms with Gasteiger partial charge in [0.05, 0.1) is 7.11 Å². The van der Waals surface area contributed by atoms with E-state index in [-0.39, 0.29) is 5.91 Å². The molecule has 2 aliphatic rings. The molecule has 3 heterocycles. The average molecular weight is 437 g/mol. The molecule has 0 bridgehead atoms. The molecule has 5 rings (SSSR count). The Hall–Kier alpha value is -3.23. The van der Waals surface area contributed by atoms with Crippen LogP contribution in [0.2, 0.25) is 0 Å². The Labute approximate surface area is 186 Å². The first-order chi connectivity index (χ1) is 15.7. The van der Waals surface area contributed by atoms with Crippen molar-refractivity contribution in [1.82, 2.24) is 30.2 Å². The second-order valence-electron chi connectivity index (χ2n) is 8.60. The van der Waals surface area contributed by atoms with Crippen LogP contribution in [0.5, 0.6) is 5.75 Å². The molecule has 3 aromatic rings. The normalized spacial score (nSPS) is 17.0. The second kappa shape index (κ2) is 9.10. The van der Waals surface area contributed by atoms with Gasteiger partial charge in [-0.05, 0) is 56.4 Å². The molecule has 9 heteroatoms. The highest BCUT2D eigenvalue weighted by Crippen LogP contribution is 2.38. The van der Waals surface area contributed by atoms with Crippen molar-refractivity contribution in [2.45, 2.75) is 56.8 Å². The van der Waals surface area contributed by atoms with Crippen LogP contribution in [0.4, 0.5) is 0 Å². The Morgan fingerprint density at radius 2 is 1.91 bits per heavy atom. The van der Waals surface area contributed by atoms with E-state index in [4.69, 9.17) is 9.26 Å². The summed E-state index contributed by atoms with van der Waals surface area (Å²) in [6.07, 6.45) is 6.04. The van der Waals surface area contributed by atoms with Crippen LogP contribution in [0.25, 0.3) is 11.4 Å². The summed E-state index contributed by atoms with van der Waals surface area (Å²) < 4.78 is 10.5. The summed E-state index contributed by atoms with van der Waals surface area (Å²) in [6.45, 7) is 1.54. The zero-order valence-electron chi connectivity index (χ0n) is 18.3. The highest BCUT2D eigenvalue weighted by atomic mass is 16.5. The van der Waals surface area contributed by atoms with Crippen molar-refractivity contribution in [3.05, 3.63) is 41.8 Å². The molecule has 1 aromatic carbocycles. The molecule has 1 saturated heterocycles. The largest absolute Gasteiger partial charge is 0.497 e. The zero-order chi connectivity index (χ0) is 21.9. The van der Waals surface area contributed by atoms with Gasteiger partial charge in [0.15, 0.2) is 5.82 Å². The molecule has 9 nitrogen and oxygen atoms in total. The van der Waals surface area contributed by atoms with Crippen molar-refractivity contribution < 1.29 is 14.1 Å². The van der Waals surface area contributed by atoms with E-state index in [2.05, 4.69) is 25.3 Å². The third-order valence-electron chi connectivity index (χ3n) is 6.29. The number of aromatic amines is 1. The van der Waals surface area contributed by atoms with E-state index in [0.717, 1.165) is 48.9 Å². The number of carbonyl (C=O) groups excluding carboxylic acids is 1. The number of methoxy groups -OCH3 is 1. The quantitative estimate of drug-likeness (QED) is 0.576. The Morgan fingerprint density at radius 3 is 2.62 bits per heavy atom. The molecule has 0 atom stereocenters. The van der Waals surface area contributed by atoms with Gasteiger partial charge in [0, 0.05) is 43.3 Å². The Kier molecular flexibility index (Phi) is 5.87. The minimum absolute atomic E-state index is 0.189. The number of aryl methyl sites for hydroxylation is 1. The number of hydrogen-bond donors (Lipinski definition) is 1. The van der Waals surface area contributed by atoms with Crippen molar-refractivity contribution in [3.8, 4) is 17.1 Å². The predicted molar refractivity (Wildman–Crippen MR) is 116 cm³/mol. The second-order valence-corrected chi connectivity index (χ2v) is 8.60. The molecule has 168 valence electrons. The van der Waals surface area contributed by atoms with E-state index < -0.39 is 0 Å². The lowest BCUT2D eigenvalue weighted by Gasteiger charge is -2.31. The van der Waals surface area contributed by atoms with Gasteiger partial charge in [0.25, 0.3) is 0 Å². The van der Waals surface area contributed by atoms with E-state index in [1.165, 1.54) is 12.8 Å². The number of aromatic nitrogens is 5. The topological polar surface area (TPSA) is 110 Å². The molecule has 2 fully saturated rings. The summed E-state index contributed by atoms with van der Waals surface area (Å²) >= 11 is 0. The number of benzene rings is 1. The summed E-state index contributed by atoms with van der Waals surface area (Å²) in [5.41, 5.74) is 0.871. The highest BCUT2D eigenvalue weighted by molar-refractivity contribution is 5.76. The molecule has 1 aliphatic heterocycles. The van der Waals surface area contributed by atoms with Crippen LogP contribution in [-0.4, -0.2) is 56.3 Å². The summed E-state index contributed by atoms with van der Waals surface area (Å²) in [4.78, 5) is 23.7. The van der Waals surface area contributed by atoms with Gasteiger partial charge in [-0.2, -0.15) is 10.1 Å². The first kappa shape index (κ1) is 20.7. The minimum Gasteiger partial charge on any atom is -0.497 e. The maximum absolute atomic E-state index is 12.6. The maximum Gasteiger partial charge on any atom is 0.226 e. The molecule has 1 N–H and O–H groups in total. The van der Waals surface area contributed by atoms with Gasteiger partial charge >= 0.3 is 0 Å². The fraction of sp³-hybridized carbons (Fsp3) is 0.522. The summed E-state index contributed by atoms with van der Waals surface area (Å²) in [5, 5.41) is 11.5. The number of H-pyrrole nitrogens is 1. The Bertz CT molecular complexity index is 1050. The van der Waals surface area contributed by atoms with Gasteiger partial charge in [-0.15, -0.1) is 0 Å². The molecule has 2 aromatic heterocycles. The summed E-state index contributed by atoms with van der Waals surface area (Å²) in [5.74, 6) is 4.96. The Morgan fingerprint density at radius 1 is 1.12 bits per heavy atom. The monoisotopic (exact) mass is 436 g/mol. The van der Waals surface area contributed by atoms with Crippen LogP contribution in [0.15, 0.2) is 28.8 Å². The van der Waals surface area contributed by atoms with Crippen LogP contribution in [-0.2, 0) is 11.2 Å². The highest BCUT2D eigenvalue weighted by Gasteiger charge is 2.30. The van der Waals surface area contributed by atoms with Gasteiger partial charge in [-0.25, -0.2) is 4.98 Å². The number of amides is 1. The van der Waals surface area contributed by atoms with Crippen molar-refractivity contribution in [1.29, 1.82) is 0 Å². The lowest BCUT2D eigenvalue weighted by atomic mass is 9.96. The van der Waals surface area contributed by atoms with E-state index in [1.54, 1.807) is 7.11 Å². The van der Waals surface area contributed by atoms with Gasteiger partial charge in [0.1, 0.15) is 11.6 Å². The minimum atomic E-state index is 0.189. The van der Waals surface area contributed by atoms with Gasteiger partial charge in [-0.1, -0.05) is 5.16 Å². The molecule has 1 amide bonds. The fourth-order valence-electron chi connectivity index (χ4n) is 4.16. The number of likely N-dealkylation sites (tertiary alicyclic amines) is 1.